The van der Waals surface area contributed by atoms with E-state index in [2.05, 4.69) is 5.32 Å². The summed E-state index contributed by atoms with van der Waals surface area (Å²) in [4.78, 5) is 37.3. The molecular formula is C22H23N3O6. The predicted octanol–water partition coefficient (Wildman–Crippen LogP) is 1.72. The molecule has 162 valence electrons. The summed E-state index contributed by atoms with van der Waals surface area (Å²) in [5, 5.41) is 2.67. The fraction of sp³-hybridized carbons (Fsp3) is 0.227. The van der Waals surface area contributed by atoms with Crippen LogP contribution in [0, 0.1) is 0 Å². The molecule has 1 heterocycles. The van der Waals surface area contributed by atoms with Crippen molar-refractivity contribution in [1.29, 1.82) is 0 Å². The zero-order chi connectivity index (χ0) is 22.4. The third-order valence-corrected chi connectivity index (χ3v) is 4.62. The number of benzene rings is 2. The van der Waals surface area contributed by atoms with Crippen LogP contribution < -0.4 is 30.6 Å². The topological polar surface area (TPSA) is 101 Å². The Morgan fingerprint density at radius 2 is 1.48 bits per heavy atom. The normalized spacial score (nSPS) is 10.4. The van der Waals surface area contributed by atoms with E-state index in [4.69, 9.17) is 14.2 Å². The zero-order valence-electron chi connectivity index (χ0n) is 17.5. The number of rotatable bonds is 8. The maximum atomic E-state index is 12.5. The minimum absolute atomic E-state index is 0.233. The molecule has 0 saturated carbocycles. The Balaban J connectivity index is 1.72. The van der Waals surface area contributed by atoms with Crippen molar-refractivity contribution in [3.8, 4) is 17.2 Å². The Morgan fingerprint density at radius 1 is 0.839 bits per heavy atom. The maximum Gasteiger partial charge on any atom is 0.316 e. The molecule has 0 radical (unpaired) electrons. The molecule has 0 aliphatic rings. The van der Waals surface area contributed by atoms with E-state index in [0.717, 1.165) is 10.1 Å². The van der Waals surface area contributed by atoms with Crippen molar-refractivity contribution >= 4 is 11.6 Å². The van der Waals surface area contributed by atoms with Gasteiger partial charge in [0.25, 0.3) is 0 Å². The van der Waals surface area contributed by atoms with Gasteiger partial charge in [0.05, 0.1) is 27.9 Å². The summed E-state index contributed by atoms with van der Waals surface area (Å²) in [7, 11) is 4.57. The minimum atomic E-state index is -0.779. The average Bonchev–Trinajstić information content (AvgIpc) is 2.79. The summed E-state index contributed by atoms with van der Waals surface area (Å²) in [6, 6.07) is 12.1. The third kappa shape index (κ3) is 5.13. The summed E-state index contributed by atoms with van der Waals surface area (Å²) in [5.74, 6) is 1.23. The monoisotopic (exact) mass is 425 g/mol. The molecule has 31 heavy (non-hydrogen) atoms. The lowest BCUT2D eigenvalue weighted by Crippen LogP contribution is -2.42. The number of ether oxygens (including phenoxy) is 3. The summed E-state index contributed by atoms with van der Waals surface area (Å²) in [6.07, 6.45) is 2.90. The molecular weight excluding hydrogens is 402 g/mol. The molecule has 0 bridgehead atoms. The van der Waals surface area contributed by atoms with E-state index in [9.17, 15) is 14.4 Å². The molecule has 2 aromatic carbocycles. The van der Waals surface area contributed by atoms with Gasteiger partial charge in [0.15, 0.2) is 11.5 Å². The molecule has 0 unspecified atom stereocenters. The van der Waals surface area contributed by atoms with Crippen LogP contribution >= 0.6 is 0 Å². The molecule has 0 saturated heterocycles. The van der Waals surface area contributed by atoms with Crippen LogP contribution in [0.3, 0.4) is 0 Å². The summed E-state index contributed by atoms with van der Waals surface area (Å²) in [5.41, 5.74) is -0.175. The first-order valence-electron chi connectivity index (χ1n) is 9.40. The number of aromatic nitrogens is 2. The van der Waals surface area contributed by atoms with E-state index in [1.165, 1.54) is 31.2 Å². The second-order valence-corrected chi connectivity index (χ2v) is 6.63. The van der Waals surface area contributed by atoms with Crippen LogP contribution in [0.1, 0.15) is 5.56 Å². The molecule has 1 aromatic heterocycles. The van der Waals surface area contributed by atoms with Gasteiger partial charge in [-0.2, -0.15) is 0 Å². The number of amides is 1. The molecule has 1 N–H and O–H groups in total. The quantitative estimate of drug-likeness (QED) is 0.552. The largest absolute Gasteiger partial charge is 0.497 e. The van der Waals surface area contributed by atoms with E-state index >= 15 is 0 Å². The SMILES string of the molecule is COc1ccc(Cn2ccn(CC(=O)Nc3ccc(OC)c(OC)c3)c(=O)c2=O)cc1. The van der Waals surface area contributed by atoms with Gasteiger partial charge in [-0.15, -0.1) is 0 Å². The highest BCUT2D eigenvalue weighted by Crippen LogP contribution is 2.29. The first-order valence-corrected chi connectivity index (χ1v) is 9.40. The summed E-state index contributed by atoms with van der Waals surface area (Å²) in [6.45, 7) is -0.0669. The smallest absolute Gasteiger partial charge is 0.316 e. The van der Waals surface area contributed by atoms with Crippen molar-refractivity contribution in [2.24, 2.45) is 0 Å². The molecule has 0 fully saturated rings. The van der Waals surface area contributed by atoms with E-state index in [1.54, 1.807) is 37.4 Å². The van der Waals surface area contributed by atoms with Crippen molar-refractivity contribution in [2.45, 2.75) is 13.1 Å². The standard InChI is InChI=1S/C22H23N3O6/c1-29-17-7-4-15(5-8-17)13-24-10-11-25(22(28)21(24)27)14-20(26)23-16-6-9-18(30-2)19(12-16)31-3/h4-12H,13-14H2,1-3H3,(H,23,26). The Bertz CT molecular complexity index is 1180. The highest BCUT2D eigenvalue weighted by Gasteiger charge is 2.11. The number of methoxy groups -OCH3 is 3. The lowest BCUT2D eigenvalue weighted by Gasteiger charge is -2.12. The van der Waals surface area contributed by atoms with Gasteiger partial charge in [0, 0.05) is 24.1 Å². The number of nitrogens with one attached hydrogen (secondary N) is 1. The van der Waals surface area contributed by atoms with E-state index in [1.807, 2.05) is 12.1 Å². The first kappa shape index (κ1) is 21.7. The van der Waals surface area contributed by atoms with Crippen LogP contribution in [0.15, 0.2) is 64.4 Å². The van der Waals surface area contributed by atoms with Gasteiger partial charge < -0.3 is 24.1 Å². The highest BCUT2D eigenvalue weighted by atomic mass is 16.5. The fourth-order valence-electron chi connectivity index (χ4n) is 2.99. The highest BCUT2D eigenvalue weighted by molar-refractivity contribution is 5.90. The molecule has 1 amide bonds. The van der Waals surface area contributed by atoms with Gasteiger partial charge >= 0.3 is 11.1 Å². The van der Waals surface area contributed by atoms with E-state index < -0.39 is 17.0 Å². The Morgan fingerprint density at radius 3 is 2.13 bits per heavy atom. The second-order valence-electron chi connectivity index (χ2n) is 6.63. The number of carbonyl (C=O) groups is 1. The average molecular weight is 425 g/mol. The molecule has 3 aromatic rings. The van der Waals surface area contributed by atoms with Gasteiger partial charge in [-0.25, -0.2) is 0 Å². The molecule has 0 spiro atoms. The third-order valence-electron chi connectivity index (χ3n) is 4.62. The van der Waals surface area contributed by atoms with Crippen LogP contribution in [-0.2, 0) is 17.9 Å². The molecule has 9 heteroatoms. The van der Waals surface area contributed by atoms with Crippen molar-refractivity contribution < 1.29 is 19.0 Å². The van der Waals surface area contributed by atoms with Crippen molar-refractivity contribution in [1.82, 2.24) is 9.13 Å². The molecule has 0 aliphatic carbocycles. The fourth-order valence-corrected chi connectivity index (χ4v) is 2.99. The zero-order valence-corrected chi connectivity index (χ0v) is 17.5. The Labute approximate surface area is 178 Å². The summed E-state index contributed by atoms with van der Waals surface area (Å²) < 4.78 is 17.8. The van der Waals surface area contributed by atoms with Gasteiger partial charge in [0.1, 0.15) is 12.3 Å². The van der Waals surface area contributed by atoms with Gasteiger partial charge in [-0.3, -0.25) is 19.0 Å². The van der Waals surface area contributed by atoms with E-state index in [-0.39, 0.29) is 13.1 Å². The molecule has 3 rings (SSSR count). The van der Waals surface area contributed by atoms with E-state index in [0.29, 0.717) is 22.9 Å². The lowest BCUT2D eigenvalue weighted by molar-refractivity contribution is -0.116. The number of nitrogens with zero attached hydrogens (tertiary/aromatic N) is 2. The van der Waals surface area contributed by atoms with Crippen LogP contribution in [0.4, 0.5) is 5.69 Å². The maximum absolute atomic E-state index is 12.5. The molecule has 9 nitrogen and oxygen atoms in total. The minimum Gasteiger partial charge on any atom is -0.497 e. The van der Waals surface area contributed by atoms with Crippen LogP contribution in [0.25, 0.3) is 0 Å². The first-order chi connectivity index (χ1) is 14.9. The number of carbonyl (C=O) groups excluding carboxylic acids is 1. The number of anilines is 1. The number of hydrogen-bond acceptors (Lipinski definition) is 6. The second kappa shape index (κ2) is 9.66. The van der Waals surface area contributed by atoms with Crippen LogP contribution in [-0.4, -0.2) is 36.4 Å². The van der Waals surface area contributed by atoms with Gasteiger partial charge in [-0.05, 0) is 29.8 Å². The van der Waals surface area contributed by atoms with Gasteiger partial charge in [-0.1, -0.05) is 12.1 Å². The molecule has 0 atom stereocenters. The Kier molecular flexibility index (Phi) is 6.76. The van der Waals surface area contributed by atoms with Crippen LogP contribution in [0.2, 0.25) is 0 Å². The molecule has 0 aliphatic heterocycles. The van der Waals surface area contributed by atoms with Crippen molar-refractivity contribution in [3.63, 3.8) is 0 Å². The Hall–Kier alpha value is -4.01. The van der Waals surface area contributed by atoms with Crippen LogP contribution in [0.5, 0.6) is 17.2 Å². The summed E-state index contributed by atoms with van der Waals surface area (Å²) >= 11 is 0. The number of hydrogen-bond donors (Lipinski definition) is 1. The van der Waals surface area contributed by atoms with Crippen molar-refractivity contribution in [3.05, 3.63) is 81.1 Å². The lowest BCUT2D eigenvalue weighted by atomic mass is 10.2. The van der Waals surface area contributed by atoms with Gasteiger partial charge in [0.2, 0.25) is 5.91 Å². The predicted molar refractivity (Wildman–Crippen MR) is 115 cm³/mol. The van der Waals surface area contributed by atoms with Crippen molar-refractivity contribution in [2.75, 3.05) is 26.6 Å².